The van der Waals surface area contributed by atoms with Gasteiger partial charge in [0.05, 0.1) is 11.1 Å². The number of nitrogens with zero attached hydrogens (tertiary/aromatic N) is 1. The molecule has 14 heavy (non-hydrogen) atoms. The zero-order chi connectivity index (χ0) is 10.1. The molecule has 0 bridgehead atoms. The van der Waals surface area contributed by atoms with Gasteiger partial charge in [0, 0.05) is 16.7 Å². The summed E-state index contributed by atoms with van der Waals surface area (Å²) < 4.78 is 0.863. The van der Waals surface area contributed by atoms with Crippen molar-refractivity contribution in [3.05, 3.63) is 21.8 Å². The van der Waals surface area contributed by atoms with Gasteiger partial charge in [-0.05, 0) is 34.8 Å². The van der Waals surface area contributed by atoms with Crippen molar-refractivity contribution in [1.29, 1.82) is 0 Å². The summed E-state index contributed by atoms with van der Waals surface area (Å²) in [5.74, 6) is 0.687. The van der Waals surface area contributed by atoms with Crippen molar-refractivity contribution in [2.24, 2.45) is 0 Å². The first-order valence-corrected chi connectivity index (χ1v) is 5.58. The monoisotopic (exact) mass is 276 g/mol. The van der Waals surface area contributed by atoms with Crippen LogP contribution in [0.5, 0.6) is 0 Å². The molecule has 0 spiro atoms. The van der Waals surface area contributed by atoms with E-state index in [2.05, 4.69) is 26.2 Å². The van der Waals surface area contributed by atoms with E-state index in [0.29, 0.717) is 16.9 Å². The lowest BCUT2D eigenvalue weighted by Gasteiger charge is -2.32. The molecule has 1 aromatic heterocycles. The topological polar surface area (TPSA) is 45.1 Å². The van der Waals surface area contributed by atoms with Crippen molar-refractivity contribution in [2.45, 2.75) is 25.0 Å². The highest BCUT2D eigenvalue weighted by molar-refractivity contribution is 9.10. The third-order valence-corrected chi connectivity index (χ3v) is 2.98. The molecule has 76 valence electrons. The summed E-state index contributed by atoms with van der Waals surface area (Å²) in [4.78, 5) is 4.15. The number of aliphatic hydroxyl groups is 1. The summed E-state index contributed by atoms with van der Waals surface area (Å²) in [6.07, 6.45) is 3.08. The summed E-state index contributed by atoms with van der Waals surface area (Å²) in [5.41, 5.74) is 0. The highest BCUT2D eigenvalue weighted by Gasteiger charge is 2.27. The highest BCUT2D eigenvalue weighted by Crippen LogP contribution is 2.28. The Morgan fingerprint density at radius 2 is 2.29 bits per heavy atom. The molecular formula is C9H10BrClN2O. The van der Waals surface area contributed by atoms with E-state index >= 15 is 0 Å². The summed E-state index contributed by atoms with van der Waals surface area (Å²) in [6, 6.07) is 2.10. The first kappa shape index (κ1) is 10.2. The van der Waals surface area contributed by atoms with Crippen molar-refractivity contribution in [2.75, 3.05) is 5.32 Å². The van der Waals surface area contributed by atoms with Crippen LogP contribution in [-0.2, 0) is 0 Å². The molecule has 1 fully saturated rings. The molecule has 5 heteroatoms. The van der Waals surface area contributed by atoms with Gasteiger partial charge in [0.25, 0.3) is 0 Å². The molecule has 0 aromatic carbocycles. The quantitative estimate of drug-likeness (QED) is 0.873. The SMILES string of the molecule is OC1CC(Nc2ncc(Br)cc2Cl)C1. The van der Waals surface area contributed by atoms with Gasteiger partial charge in [0.1, 0.15) is 5.82 Å². The average Bonchev–Trinajstić information content (AvgIpc) is 2.06. The van der Waals surface area contributed by atoms with Gasteiger partial charge in [-0.25, -0.2) is 4.98 Å². The summed E-state index contributed by atoms with van der Waals surface area (Å²) in [7, 11) is 0. The van der Waals surface area contributed by atoms with Crippen LogP contribution in [0, 0.1) is 0 Å². The summed E-state index contributed by atoms with van der Waals surface area (Å²) in [6.45, 7) is 0. The van der Waals surface area contributed by atoms with E-state index in [1.165, 1.54) is 0 Å². The number of nitrogens with one attached hydrogen (secondary N) is 1. The third kappa shape index (κ3) is 2.19. The van der Waals surface area contributed by atoms with E-state index in [9.17, 15) is 0 Å². The Hall–Kier alpha value is -0.320. The number of aromatic nitrogens is 1. The number of halogens is 2. The van der Waals surface area contributed by atoms with Crippen LogP contribution in [0.25, 0.3) is 0 Å². The normalized spacial score (nSPS) is 25.6. The van der Waals surface area contributed by atoms with E-state index in [1.807, 2.05) is 0 Å². The van der Waals surface area contributed by atoms with Gasteiger partial charge in [-0.2, -0.15) is 0 Å². The van der Waals surface area contributed by atoms with Crippen molar-refractivity contribution in [3.8, 4) is 0 Å². The molecule has 2 N–H and O–H groups in total. The fraction of sp³-hybridized carbons (Fsp3) is 0.444. The van der Waals surface area contributed by atoms with E-state index in [1.54, 1.807) is 12.3 Å². The Labute approximate surface area is 95.6 Å². The Bertz CT molecular complexity index is 342. The van der Waals surface area contributed by atoms with Crippen LogP contribution < -0.4 is 5.32 Å². The van der Waals surface area contributed by atoms with Crippen molar-refractivity contribution in [1.82, 2.24) is 4.98 Å². The minimum Gasteiger partial charge on any atom is -0.393 e. The number of hydrogen-bond acceptors (Lipinski definition) is 3. The second-order valence-corrected chi connectivity index (χ2v) is 4.77. The van der Waals surface area contributed by atoms with Crippen LogP contribution in [-0.4, -0.2) is 22.2 Å². The van der Waals surface area contributed by atoms with Crippen LogP contribution in [0.1, 0.15) is 12.8 Å². The molecule has 2 rings (SSSR count). The molecule has 1 aromatic rings. The Morgan fingerprint density at radius 1 is 1.57 bits per heavy atom. The Balaban J connectivity index is 2.02. The molecule has 1 aliphatic carbocycles. The number of anilines is 1. The lowest BCUT2D eigenvalue weighted by Crippen LogP contribution is -2.39. The average molecular weight is 278 g/mol. The predicted octanol–water partition coefficient (Wildman–Crippen LogP) is 2.43. The Kier molecular flexibility index (Phi) is 2.95. The number of aliphatic hydroxyl groups excluding tert-OH is 1. The first-order valence-electron chi connectivity index (χ1n) is 4.41. The molecule has 0 amide bonds. The molecule has 1 aliphatic rings. The third-order valence-electron chi connectivity index (χ3n) is 2.26. The molecule has 1 saturated carbocycles. The molecular weight excluding hydrogens is 267 g/mol. The lowest BCUT2D eigenvalue weighted by molar-refractivity contribution is 0.0835. The second kappa shape index (κ2) is 4.04. The van der Waals surface area contributed by atoms with Crippen molar-refractivity contribution >= 4 is 33.3 Å². The molecule has 3 nitrogen and oxygen atoms in total. The highest BCUT2D eigenvalue weighted by atomic mass is 79.9. The first-order chi connectivity index (χ1) is 6.65. The minimum absolute atomic E-state index is 0.165. The summed E-state index contributed by atoms with van der Waals surface area (Å²) in [5, 5.41) is 12.9. The molecule has 0 unspecified atom stereocenters. The van der Waals surface area contributed by atoms with Crippen LogP contribution in [0.4, 0.5) is 5.82 Å². The number of pyridine rings is 1. The van der Waals surface area contributed by atoms with Gasteiger partial charge < -0.3 is 10.4 Å². The lowest BCUT2D eigenvalue weighted by atomic mass is 9.89. The van der Waals surface area contributed by atoms with Gasteiger partial charge in [0.15, 0.2) is 0 Å². The molecule has 0 aliphatic heterocycles. The van der Waals surface area contributed by atoms with Crippen molar-refractivity contribution < 1.29 is 5.11 Å². The van der Waals surface area contributed by atoms with Crippen molar-refractivity contribution in [3.63, 3.8) is 0 Å². The maximum atomic E-state index is 9.11. The summed E-state index contributed by atoms with van der Waals surface area (Å²) >= 11 is 9.26. The zero-order valence-electron chi connectivity index (χ0n) is 7.37. The largest absolute Gasteiger partial charge is 0.393 e. The van der Waals surface area contributed by atoms with E-state index in [0.717, 1.165) is 17.3 Å². The van der Waals surface area contributed by atoms with Gasteiger partial charge in [-0.1, -0.05) is 11.6 Å². The molecule has 0 atom stereocenters. The standard InChI is InChI=1S/C9H10BrClN2O/c10-5-1-8(11)9(12-4-5)13-6-2-7(14)3-6/h1,4,6-7,14H,2-3H2,(H,12,13). The van der Waals surface area contributed by atoms with Crippen LogP contribution in [0.2, 0.25) is 5.02 Å². The number of hydrogen-bond donors (Lipinski definition) is 2. The van der Waals surface area contributed by atoms with E-state index in [-0.39, 0.29) is 6.10 Å². The minimum atomic E-state index is -0.165. The maximum Gasteiger partial charge on any atom is 0.145 e. The van der Waals surface area contributed by atoms with Gasteiger partial charge in [-0.15, -0.1) is 0 Å². The van der Waals surface area contributed by atoms with Crippen LogP contribution in [0.3, 0.4) is 0 Å². The van der Waals surface area contributed by atoms with Gasteiger partial charge in [-0.3, -0.25) is 0 Å². The van der Waals surface area contributed by atoms with E-state index < -0.39 is 0 Å². The maximum absolute atomic E-state index is 9.11. The van der Waals surface area contributed by atoms with Crippen LogP contribution in [0.15, 0.2) is 16.7 Å². The fourth-order valence-corrected chi connectivity index (χ4v) is 2.10. The fourth-order valence-electron chi connectivity index (χ4n) is 1.42. The zero-order valence-corrected chi connectivity index (χ0v) is 9.72. The van der Waals surface area contributed by atoms with E-state index in [4.69, 9.17) is 16.7 Å². The molecule has 0 saturated heterocycles. The smallest absolute Gasteiger partial charge is 0.145 e. The van der Waals surface area contributed by atoms with Gasteiger partial charge >= 0.3 is 0 Å². The second-order valence-electron chi connectivity index (χ2n) is 3.45. The molecule has 1 heterocycles. The predicted molar refractivity (Wildman–Crippen MR) is 59.6 cm³/mol. The van der Waals surface area contributed by atoms with Crippen LogP contribution >= 0.6 is 27.5 Å². The number of rotatable bonds is 2. The Morgan fingerprint density at radius 3 is 2.86 bits per heavy atom. The van der Waals surface area contributed by atoms with Gasteiger partial charge in [0.2, 0.25) is 0 Å². The molecule has 0 radical (unpaired) electrons.